The molecule has 0 bridgehead atoms. The van der Waals surface area contributed by atoms with Crippen LogP contribution >= 0.6 is 15.9 Å². The highest BCUT2D eigenvalue weighted by Gasteiger charge is 2.33. The highest BCUT2D eigenvalue weighted by atomic mass is 79.9. The minimum Gasteiger partial charge on any atom is -0.481 e. The summed E-state index contributed by atoms with van der Waals surface area (Å²) in [5, 5.41) is 20.3. The number of piperazine rings is 1. The fourth-order valence-corrected chi connectivity index (χ4v) is 2.64. The Morgan fingerprint density at radius 1 is 1.62 bits per heavy atom. The molecule has 1 aromatic rings. The first-order valence-electron chi connectivity index (χ1n) is 6.10. The van der Waals surface area contributed by atoms with Gasteiger partial charge in [0.05, 0.1) is 22.1 Å². The lowest BCUT2D eigenvalue weighted by atomic mass is 10.1. The number of nitriles is 1. The first-order chi connectivity index (χ1) is 9.95. The number of rotatable bonds is 3. The van der Waals surface area contributed by atoms with Gasteiger partial charge < -0.3 is 15.3 Å². The molecular formula is C13H11BrFN3O3. The second-order valence-corrected chi connectivity index (χ2v) is 5.26. The Labute approximate surface area is 128 Å². The van der Waals surface area contributed by atoms with E-state index in [4.69, 9.17) is 10.4 Å². The van der Waals surface area contributed by atoms with Gasteiger partial charge in [0.2, 0.25) is 5.91 Å². The fourth-order valence-electron chi connectivity index (χ4n) is 2.22. The van der Waals surface area contributed by atoms with Crippen LogP contribution in [0.4, 0.5) is 10.1 Å². The van der Waals surface area contributed by atoms with Gasteiger partial charge in [-0.25, -0.2) is 4.39 Å². The number of carbonyl (C=O) groups excluding carboxylic acids is 1. The van der Waals surface area contributed by atoms with Crippen molar-refractivity contribution in [3.63, 3.8) is 0 Å². The van der Waals surface area contributed by atoms with Crippen molar-refractivity contribution in [2.75, 3.05) is 18.0 Å². The molecule has 1 saturated heterocycles. The molecule has 1 aliphatic heterocycles. The summed E-state index contributed by atoms with van der Waals surface area (Å²) in [5.74, 6) is -2.28. The number of carboxylic acids is 1. The predicted octanol–water partition coefficient (Wildman–Crippen LogP) is 1.24. The molecular weight excluding hydrogens is 345 g/mol. The Balaban J connectivity index is 2.43. The molecule has 1 fully saturated rings. The minimum absolute atomic E-state index is 0.00237. The summed E-state index contributed by atoms with van der Waals surface area (Å²) in [6, 6.07) is 3.66. The average Bonchev–Trinajstić information content (AvgIpc) is 2.44. The zero-order valence-electron chi connectivity index (χ0n) is 10.8. The third-order valence-corrected chi connectivity index (χ3v) is 3.97. The summed E-state index contributed by atoms with van der Waals surface area (Å²) in [6.07, 6.45) is -0.428. The Hall–Kier alpha value is -2.14. The molecule has 1 aliphatic rings. The molecule has 1 amide bonds. The van der Waals surface area contributed by atoms with Gasteiger partial charge in [-0.3, -0.25) is 9.59 Å². The Morgan fingerprint density at radius 3 is 2.95 bits per heavy atom. The maximum Gasteiger partial charge on any atom is 0.305 e. The molecule has 110 valence electrons. The van der Waals surface area contributed by atoms with E-state index in [0.29, 0.717) is 13.1 Å². The molecule has 21 heavy (non-hydrogen) atoms. The molecule has 0 radical (unpaired) electrons. The normalized spacial score (nSPS) is 18.0. The molecule has 8 heteroatoms. The van der Waals surface area contributed by atoms with Crippen molar-refractivity contribution in [3.8, 4) is 6.07 Å². The number of amides is 1. The highest BCUT2D eigenvalue weighted by molar-refractivity contribution is 9.10. The van der Waals surface area contributed by atoms with E-state index in [2.05, 4.69) is 21.2 Å². The Morgan fingerprint density at radius 2 is 2.33 bits per heavy atom. The topological polar surface area (TPSA) is 93.4 Å². The summed E-state index contributed by atoms with van der Waals surface area (Å²) < 4.78 is 14.4. The van der Waals surface area contributed by atoms with Gasteiger partial charge in [-0.15, -0.1) is 0 Å². The van der Waals surface area contributed by atoms with E-state index >= 15 is 0 Å². The highest BCUT2D eigenvalue weighted by Crippen LogP contribution is 2.31. The van der Waals surface area contributed by atoms with Crippen molar-refractivity contribution in [1.29, 1.82) is 5.26 Å². The van der Waals surface area contributed by atoms with Crippen LogP contribution in [0.5, 0.6) is 0 Å². The van der Waals surface area contributed by atoms with Crippen molar-refractivity contribution in [1.82, 2.24) is 5.32 Å². The van der Waals surface area contributed by atoms with Crippen LogP contribution in [0.3, 0.4) is 0 Å². The van der Waals surface area contributed by atoms with Crippen molar-refractivity contribution < 1.29 is 19.1 Å². The van der Waals surface area contributed by atoms with Crippen LogP contribution < -0.4 is 10.2 Å². The van der Waals surface area contributed by atoms with E-state index in [1.807, 2.05) is 6.07 Å². The van der Waals surface area contributed by atoms with Crippen molar-refractivity contribution in [2.24, 2.45) is 0 Å². The first-order valence-corrected chi connectivity index (χ1v) is 6.89. The number of anilines is 1. The van der Waals surface area contributed by atoms with Crippen LogP contribution in [-0.4, -0.2) is 36.1 Å². The molecule has 1 atom stereocenters. The molecule has 6 nitrogen and oxygen atoms in total. The van der Waals surface area contributed by atoms with Crippen molar-refractivity contribution in [2.45, 2.75) is 12.5 Å². The van der Waals surface area contributed by atoms with Gasteiger partial charge in [0.25, 0.3) is 0 Å². The Bertz CT molecular complexity index is 644. The van der Waals surface area contributed by atoms with Gasteiger partial charge in [0.15, 0.2) is 5.82 Å². The standard InChI is InChI=1S/C13H11BrFN3O3/c14-11-7(6-16)1-2-8(12(11)15)18-4-3-17-13(21)9(18)5-10(19)20/h1-2,9H,3-5H2,(H,17,21)(H,19,20). The summed E-state index contributed by atoms with van der Waals surface area (Å²) in [4.78, 5) is 24.1. The zero-order chi connectivity index (χ0) is 15.6. The van der Waals surface area contributed by atoms with Crippen LogP contribution in [0.2, 0.25) is 0 Å². The smallest absolute Gasteiger partial charge is 0.305 e. The van der Waals surface area contributed by atoms with Crippen LogP contribution in [0.15, 0.2) is 16.6 Å². The second kappa shape index (κ2) is 6.10. The molecule has 1 aromatic carbocycles. The summed E-state index contributed by atoms with van der Waals surface area (Å²) >= 11 is 3.00. The van der Waals surface area contributed by atoms with Crippen LogP contribution in [-0.2, 0) is 9.59 Å². The first kappa shape index (κ1) is 15.3. The van der Waals surface area contributed by atoms with Crippen LogP contribution in [0.1, 0.15) is 12.0 Å². The predicted molar refractivity (Wildman–Crippen MR) is 75.2 cm³/mol. The van der Waals surface area contributed by atoms with E-state index in [0.717, 1.165) is 0 Å². The molecule has 1 unspecified atom stereocenters. The quantitative estimate of drug-likeness (QED) is 0.850. The van der Waals surface area contributed by atoms with Crippen molar-refractivity contribution in [3.05, 3.63) is 28.0 Å². The van der Waals surface area contributed by atoms with Gasteiger partial charge in [-0.05, 0) is 28.1 Å². The molecule has 0 saturated carbocycles. The van der Waals surface area contributed by atoms with Gasteiger partial charge >= 0.3 is 5.97 Å². The molecule has 2 N–H and O–H groups in total. The number of hydrogen-bond acceptors (Lipinski definition) is 4. The molecule has 0 aliphatic carbocycles. The van der Waals surface area contributed by atoms with Gasteiger partial charge in [0.1, 0.15) is 12.1 Å². The van der Waals surface area contributed by atoms with E-state index in [1.165, 1.54) is 17.0 Å². The number of nitrogens with zero attached hydrogens (tertiary/aromatic N) is 2. The zero-order valence-corrected chi connectivity index (χ0v) is 12.4. The van der Waals surface area contributed by atoms with Gasteiger partial charge in [0, 0.05) is 13.1 Å². The number of carboxylic acid groups (broad SMARTS) is 1. The van der Waals surface area contributed by atoms with E-state index in [-0.39, 0.29) is 15.7 Å². The lowest BCUT2D eigenvalue weighted by Crippen LogP contribution is -2.56. The van der Waals surface area contributed by atoms with E-state index in [9.17, 15) is 14.0 Å². The Kier molecular flexibility index (Phi) is 4.43. The van der Waals surface area contributed by atoms with E-state index in [1.54, 1.807) is 0 Å². The number of hydrogen-bond donors (Lipinski definition) is 2. The number of benzene rings is 1. The number of aliphatic carboxylic acids is 1. The third kappa shape index (κ3) is 2.97. The summed E-state index contributed by atoms with van der Waals surface area (Å²) in [7, 11) is 0. The number of nitrogens with one attached hydrogen (secondary N) is 1. The molecule has 1 heterocycles. The van der Waals surface area contributed by atoms with Gasteiger partial charge in [-0.1, -0.05) is 0 Å². The summed E-state index contributed by atoms with van der Waals surface area (Å²) in [5.41, 5.74) is 0.231. The minimum atomic E-state index is -1.14. The molecule has 0 aromatic heterocycles. The lowest BCUT2D eigenvalue weighted by molar-refractivity contribution is -0.139. The second-order valence-electron chi connectivity index (χ2n) is 4.47. The molecule has 0 spiro atoms. The average molecular weight is 356 g/mol. The van der Waals surface area contributed by atoms with Gasteiger partial charge in [-0.2, -0.15) is 5.26 Å². The van der Waals surface area contributed by atoms with Crippen LogP contribution in [0, 0.1) is 17.1 Å². The molecule has 2 rings (SSSR count). The number of halogens is 2. The lowest BCUT2D eigenvalue weighted by Gasteiger charge is -2.36. The number of carbonyl (C=O) groups is 2. The maximum absolute atomic E-state index is 14.4. The monoisotopic (exact) mass is 355 g/mol. The SMILES string of the molecule is N#Cc1ccc(N2CCNC(=O)C2CC(=O)O)c(F)c1Br. The largest absolute Gasteiger partial charge is 0.481 e. The fraction of sp³-hybridized carbons (Fsp3) is 0.308. The third-order valence-electron chi connectivity index (χ3n) is 3.19. The van der Waals surface area contributed by atoms with Crippen LogP contribution in [0.25, 0.3) is 0 Å². The van der Waals surface area contributed by atoms with E-state index < -0.39 is 30.2 Å². The van der Waals surface area contributed by atoms with Crippen molar-refractivity contribution >= 4 is 33.5 Å². The summed E-state index contributed by atoms with van der Waals surface area (Å²) in [6.45, 7) is 0.588. The maximum atomic E-state index is 14.4.